The molecule has 0 saturated heterocycles. The highest BCUT2D eigenvalue weighted by Crippen LogP contribution is 2.31. The number of hydrogen-bond acceptors (Lipinski definition) is 5. The topological polar surface area (TPSA) is 109 Å². The molecule has 0 saturated carbocycles. The van der Waals surface area contributed by atoms with Crippen molar-refractivity contribution < 1.29 is 27.6 Å². The molecule has 3 aromatic rings. The Labute approximate surface area is 190 Å². The molecule has 0 spiro atoms. The maximum Gasteiger partial charge on any atom is 0.435 e. The second kappa shape index (κ2) is 9.28. The van der Waals surface area contributed by atoms with Crippen LogP contribution in [0.1, 0.15) is 33.5 Å². The number of benzene rings is 1. The number of anilines is 1. The van der Waals surface area contributed by atoms with Crippen LogP contribution in [0.25, 0.3) is 5.82 Å². The predicted octanol–water partition coefficient (Wildman–Crippen LogP) is 3.00. The van der Waals surface area contributed by atoms with E-state index in [1.807, 2.05) is 0 Å². The number of carbonyl (C=O) groups is 3. The zero-order chi connectivity index (χ0) is 24.3. The molecule has 0 atom stereocenters. The van der Waals surface area contributed by atoms with Crippen LogP contribution < -0.4 is 15.8 Å². The number of amides is 3. The number of carbonyl (C=O) groups excluding carboxylic acids is 3. The summed E-state index contributed by atoms with van der Waals surface area (Å²) < 4.78 is 40.8. The average molecular weight is 481 g/mol. The number of alkyl halides is 3. The number of hydrogen-bond donors (Lipinski definition) is 2. The van der Waals surface area contributed by atoms with Crippen LogP contribution in [0, 0.1) is 0 Å². The fraction of sp³-hybridized carbons (Fsp3) is 0.150. The van der Waals surface area contributed by atoms with Gasteiger partial charge in [0, 0.05) is 26.2 Å². The third kappa shape index (κ3) is 5.12. The van der Waals surface area contributed by atoms with Gasteiger partial charge in [0.15, 0.2) is 11.5 Å². The first-order valence-corrected chi connectivity index (χ1v) is 9.60. The number of hydrazine groups is 1. The fourth-order valence-corrected chi connectivity index (χ4v) is 3.02. The van der Waals surface area contributed by atoms with Gasteiger partial charge in [0.1, 0.15) is 5.69 Å². The maximum absolute atomic E-state index is 13.4. The standard InChI is InChI=1S/C20H16ClF3N6O3/c1-11(31)26-27-18(32)12-6-3-4-8-14(12)29(2)19(33)15-10-16(20(22,23)24)28-30(15)17-13(21)7-5-9-25-17/h3-10H,1-2H3,(H,26,31)(H,27,32). The Morgan fingerprint density at radius 3 is 2.42 bits per heavy atom. The van der Waals surface area contributed by atoms with Crippen molar-refractivity contribution >= 4 is 35.0 Å². The Morgan fingerprint density at radius 1 is 1.09 bits per heavy atom. The third-order valence-corrected chi connectivity index (χ3v) is 4.62. The number of nitrogens with zero attached hydrogens (tertiary/aromatic N) is 4. The van der Waals surface area contributed by atoms with Crippen molar-refractivity contribution in [2.45, 2.75) is 13.1 Å². The lowest BCUT2D eigenvalue weighted by Gasteiger charge is -2.21. The number of para-hydroxylation sites is 1. The fourth-order valence-electron chi connectivity index (χ4n) is 2.82. The number of pyridine rings is 1. The van der Waals surface area contributed by atoms with E-state index in [-0.39, 0.29) is 22.1 Å². The molecule has 3 rings (SSSR count). The molecular formula is C20H16ClF3N6O3. The first-order chi connectivity index (χ1) is 15.5. The van der Waals surface area contributed by atoms with Crippen LogP contribution in [-0.4, -0.2) is 39.5 Å². The molecule has 0 aliphatic carbocycles. The summed E-state index contributed by atoms with van der Waals surface area (Å²) in [6, 6.07) is 9.27. The minimum atomic E-state index is -4.84. The monoisotopic (exact) mass is 480 g/mol. The third-order valence-electron chi connectivity index (χ3n) is 4.33. The van der Waals surface area contributed by atoms with Crippen molar-refractivity contribution in [2.24, 2.45) is 0 Å². The van der Waals surface area contributed by atoms with E-state index in [0.29, 0.717) is 10.7 Å². The zero-order valence-electron chi connectivity index (χ0n) is 17.1. The summed E-state index contributed by atoms with van der Waals surface area (Å²) in [5, 5.41) is 3.46. The number of nitrogens with one attached hydrogen (secondary N) is 2. The molecule has 172 valence electrons. The van der Waals surface area contributed by atoms with Crippen LogP contribution >= 0.6 is 11.6 Å². The van der Waals surface area contributed by atoms with Gasteiger partial charge in [0.25, 0.3) is 11.8 Å². The number of halogens is 4. The van der Waals surface area contributed by atoms with Gasteiger partial charge in [-0.3, -0.25) is 25.2 Å². The van der Waals surface area contributed by atoms with Crippen LogP contribution in [0.3, 0.4) is 0 Å². The number of aromatic nitrogens is 3. The molecule has 3 amide bonds. The smallest absolute Gasteiger partial charge is 0.309 e. The molecule has 2 aromatic heterocycles. The van der Waals surface area contributed by atoms with Crippen LogP contribution in [0.2, 0.25) is 5.02 Å². The van der Waals surface area contributed by atoms with E-state index in [9.17, 15) is 27.6 Å². The molecule has 0 fully saturated rings. The molecule has 13 heteroatoms. The van der Waals surface area contributed by atoms with Gasteiger partial charge >= 0.3 is 6.18 Å². The van der Waals surface area contributed by atoms with Crippen LogP contribution in [-0.2, 0) is 11.0 Å². The van der Waals surface area contributed by atoms with Gasteiger partial charge in [-0.25, -0.2) is 9.67 Å². The van der Waals surface area contributed by atoms with Gasteiger partial charge in [0.05, 0.1) is 16.3 Å². The minimum Gasteiger partial charge on any atom is -0.309 e. The first-order valence-electron chi connectivity index (χ1n) is 9.23. The summed E-state index contributed by atoms with van der Waals surface area (Å²) in [6.45, 7) is 1.18. The molecule has 0 aliphatic heterocycles. The van der Waals surface area contributed by atoms with E-state index in [4.69, 9.17) is 11.6 Å². The van der Waals surface area contributed by atoms with Crippen molar-refractivity contribution in [3.05, 3.63) is 70.6 Å². The van der Waals surface area contributed by atoms with Crippen LogP contribution in [0.5, 0.6) is 0 Å². The molecule has 2 heterocycles. The van der Waals surface area contributed by atoms with Gasteiger partial charge in [-0.15, -0.1) is 0 Å². The Hall–Kier alpha value is -3.93. The Bertz CT molecular complexity index is 1230. The van der Waals surface area contributed by atoms with E-state index in [2.05, 4.69) is 20.9 Å². The largest absolute Gasteiger partial charge is 0.435 e. The van der Waals surface area contributed by atoms with Gasteiger partial charge < -0.3 is 4.90 Å². The minimum absolute atomic E-state index is 0.0138. The molecular weight excluding hydrogens is 465 g/mol. The summed E-state index contributed by atoms with van der Waals surface area (Å²) in [4.78, 5) is 41.7. The maximum atomic E-state index is 13.4. The van der Waals surface area contributed by atoms with Gasteiger partial charge in [-0.1, -0.05) is 23.7 Å². The SMILES string of the molecule is CC(=O)NNC(=O)c1ccccc1N(C)C(=O)c1cc(C(F)(F)F)nn1-c1ncccc1Cl. The van der Waals surface area contributed by atoms with Gasteiger partial charge in [-0.05, 0) is 24.3 Å². The molecule has 0 radical (unpaired) electrons. The first kappa shape index (κ1) is 23.7. The van der Waals surface area contributed by atoms with E-state index < -0.39 is 35.3 Å². The molecule has 2 N–H and O–H groups in total. The highest BCUT2D eigenvalue weighted by molar-refractivity contribution is 6.32. The molecule has 9 nitrogen and oxygen atoms in total. The lowest BCUT2D eigenvalue weighted by atomic mass is 10.1. The van der Waals surface area contributed by atoms with E-state index in [0.717, 1.165) is 4.90 Å². The number of rotatable bonds is 4. The van der Waals surface area contributed by atoms with Crippen molar-refractivity contribution in [3.63, 3.8) is 0 Å². The van der Waals surface area contributed by atoms with E-state index in [1.54, 1.807) is 0 Å². The summed E-state index contributed by atoms with van der Waals surface area (Å²) in [5.41, 5.74) is 2.54. The van der Waals surface area contributed by atoms with Crippen LogP contribution in [0.15, 0.2) is 48.7 Å². The highest BCUT2D eigenvalue weighted by Gasteiger charge is 2.37. The van der Waals surface area contributed by atoms with Crippen molar-refractivity contribution in [2.75, 3.05) is 11.9 Å². The van der Waals surface area contributed by atoms with E-state index in [1.165, 1.54) is 56.6 Å². The Morgan fingerprint density at radius 2 is 1.79 bits per heavy atom. The summed E-state index contributed by atoms with van der Waals surface area (Å²) >= 11 is 6.07. The average Bonchev–Trinajstić information content (AvgIpc) is 3.22. The Kier molecular flexibility index (Phi) is 6.68. The highest BCUT2D eigenvalue weighted by atomic mass is 35.5. The molecule has 0 unspecified atom stereocenters. The van der Waals surface area contributed by atoms with Crippen molar-refractivity contribution in [1.29, 1.82) is 0 Å². The normalized spacial score (nSPS) is 11.1. The summed E-state index contributed by atoms with van der Waals surface area (Å²) in [6.07, 6.45) is -3.55. The second-order valence-corrected chi connectivity index (χ2v) is 7.06. The van der Waals surface area contributed by atoms with Crippen molar-refractivity contribution in [1.82, 2.24) is 25.6 Å². The molecule has 33 heavy (non-hydrogen) atoms. The lowest BCUT2D eigenvalue weighted by Crippen LogP contribution is -2.41. The summed E-state index contributed by atoms with van der Waals surface area (Å²) in [5.74, 6) is -2.36. The lowest BCUT2D eigenvalue weighted by molar-refractivity contribution is -0.141. The zero-order valence-corrected chi connectivity index (χ0v) is 17.9. The quantitative estimate of drug-likeness (QED) is 0.558. The molecule has 1 aromatic carbocycles. The van der Waals surface area contributed by atoms with Gasteiger partial charge in [-0.2, -0.15) is 18.3 Å². The molecule has 0 bridgehead atoms. The van der Waals surface area contributed by atoms with Gasteiger partial charge in [0.2, 0.25) is 5.91 Å². The second-order valence-electron chi connectivity index (χ2n) is 6.65. The van der Waals surface area contributed by atoms with Crippen LogP contribution in [0.4, 0.5) is 18.9 Å². The Balaban J connectivity index is 2.06. The predicted molar refractivity (Wildman–Crippen MR) is 112 cm³/mol. The van der Waals surface area contributed by atoms with E-state index >= 15 is 0 Å². The molecule has 0 aliphatic rings. The summed E-state index contributed by atoms with van der Waals surface area (Å²) in [7, 11) is 1.28. The van der Waals surface area contributed by atoms with Crippen molar-refractivity contribution in [3.8, 4) is 5.82 Å².